The predicted octanol–water partition coefficient (Wildman–Crippen LogP) is 1.87. The number of nitrogens with zero attached hydrogens (tertiary/aromatic N) is 1. The minimum Gasteiger partial charge on any atom is -0.376 e. The van der Waals surface area contributed by atoms with Gasteiger partial charge in [-0.2, -0.15) is 0 Å². The Balaban J connectivity index is 1.64. The molecule has 0 bridgehead atoms. The summed E-state index contributed by atoms with van der Waals surface area (Å²) in [4.78, 5) is 1.97. The van der Waals surface area contributed by atoms with Crippen LogP contribution in [0.3, 0.4) is 0 Å². The molecule has 3 rings (SSSR count). The summed E-state index contributed by atoms with van der Waals surface area (Å²) in [5.41, 5.74) is 0.917. The number of halogens is 1. The molecule has 2 saturated heterocycles. The maximum Gasteiger partial charge on any atom is 0.169 e. The molecule has 1 aromatic rings. The predicted molar refractivity (Wildman–Crippen MR) is 98.6 cm³/mol. The van der Waals surface area contributed by atoms with Gasteiger partial charge < -0.3 is 15.0 Å². The third kappa shape index (κ3) is 5.12. The molecule has 0 saturated carbocycles. The molecule has 8 heteroatoms. The number of ether oxygens (including phenoxy) is 1. The van der Waals surface area contributed by atoms with Crippen LogP contribution in [0.25, 0.3) is 0 Å². The second-order valence-corrected chi connectivity index (χ2v) is 9.24. The maximum atomic E-state index is 13.0. The van der Waals surface area contributed by atoms with Crippen molar-refractivity contribution in [3.63, 3.8) is 0 Å². The number of nitrogens with one attached hydrogen (secondary N) is 1. The molecule has 2 aliphatic heterocycles. The molecule has 0 amide bonds. The van der Waals surface area contributed by atoms with Gasteiger partial charge in [0.05, 0.1) is 17.6 Å². The minimum atomic E-state index is -2.99. The van der Waals surface area contributed by atoms with E-state index in [0.717, 1.165) is 25.0 Å². The van der Waals surface area contributed by atoms with Crippen molar-refractivity contribution < 1.29 is 17.5 Å². The zero-order valence-corrected chi connectivity index (χ0v) is 15.6. The molecule has 0 spiro atoms. The largest absolute Gasteiger partial charge is 0.376 e. The van der Waals surface area contributed by atoms with Gasteiger partial charge in [0.1, 0.15) is 5.82 Å². The Hall–Kier alpha value is -1.25. The molecule has 0 aromatic heterocycles. The van der Waals surface area contributed by atoms with Crippen LogP contribution in [0.1, 0.15) is 24.8 Å². The lowest BCUT2D eigenvalue weighted by atomic mass is 10.1. The summed E-state index contributed by atoms with van der Waals surface area (Å²) < 4.78 is 42.4. The lowest BCUT2D eigenvalue weighted by molar-refractivity contribution is 0.0841. The molecule has 1 aromatic carbocycles. The first-order chi connectivity index (χ1) is 11.9. The van der Waals surface area contributed by atoms with E-state index in [2.05, 4.69) is 5.32 Å². The summed E-state index contributed by atoms with van der Waals surface area (Å²) in [6.45, 7) is 1.83. The van der Waals surface area contributed by atoms with Crippen LogP contribution < -0.4 is 5.32 Å². The van der Waals surface area contributed by atoms with Gasteiger partial charge in [0, 0.05) is 25.7 Å². The number of hydrogen-bond donors (Lipinski definition) is 1. The van der Waals surface area contributed by atoms with Gasteiger partial charge >= 0.3 is 0 Å². The molecule has 0 radical (unpaired) electrons. The van der Waals surface area contributed by atoms with Crippen LogP contribution in [0, 0.1) is 5.82 Å². The van der Waals surface area contributed by atoms with Crippen LogP contribution in [0.2, 0.25) is 0 Å². The standard InChI is InChI=1S/C17H23FN2O3S2/c18-14-5-3-13(4-6-14)10-19-17(24)20(11-16-2-1-8-23-16)15-7-9-25(21,22)12-15/h3-6,15-16H,1-2,7-12H2,(H,19,24)/t15-,16-/m0/s1. The molecule has 138 valence electrons. The second kappa shape index (κ2) is 7.97. The van der Waals surface area contributed by atoms with E-state index in [-0.39, 0.29) is 29.5 Å². The number of rotatable bonds is 5. The van der Waals surface area contributed by atoms with Gasteiger partial charge in [-0.15, -0.1) is 0 Å². The van der Waals surface area contributed by atoms with Crippen LogP contribution in [0.5, 0.6) is 0 Å². The van der Waals surface area contributed by atoms with Crippen molar-refractivity contribution in [1.29, 1.82) is 0 Å². The summed E-state index contributed by atoms with van der Waals surface area (Å²) >= 11 is 5.54. The van der Waals surface area contributed by atoms with E-state index in [4.69, 9.17) is 17.0 Å². The average Bonchev–Trinajstić information content (AvgIpc) is 3.21. The summed E-state index contributed by atoms with van der Waals surface area (Å²) in [6.07, 6.45) is 2.68. The van der Waals surface area contributed by atoms with Crippen molar-refractivity contribution in [3.05, 3.63) is 35.6 Å². The average molecular weight is 387 g/mol. The Morgan fingerprint density at radius 2 is 2.08 bits per heavy atom. The molecule has 1 N–H and O–H groups in total. The Morgan fingerprint density at radius 1 is 1.32 bits per heavy atom. The number of hydrogen-bond acceptors (Lipinski definition) is 4. The highest BCUT2D eigenvalue weighted by Gasteiger charge is 2.35. The normalized spacial score (nSPS) is 25.0. The SMILES string of the molecule is O=S1(=O)CC[C@H](N(C[C@@H]2CCCO2)C(=S)NCc2ccc(F)cc2)C1. The van der Waals surface area contributed by atoms with E-state index in [0.29, 0.717) is 24.6 Å². The Kier molecular flexibility index (Phi) is 5.91. The van der Waals surface area contributed by atoms with E-state index in [1.807, 2.05) is 4.90 Å². The first-order valence-electron chi connectivity index (χ1n) is 8.54. The lowest BCUT2D eigenvalue weighted by Gasteiger charge is -2.33. The van der Waals surface area contributed by atoms with Crippen molar-refractivity contribution in [1.82, 2.24) is 10.2 Å². The van der Waals surface area contributed by atoms with E-state index in [9.17, 15) is 12.8 Å². The highest BCUT2D eigenvalue weighted by atomic mass is 32.2. The summed E-state index contributed by atoms with van der Waals surface area (Å²) in [7, 11) is -2.99. The maximum absolute atomic E-state index is 13.0. The monoisotopic (exact) mass is 386 g/mol. The van der Waals surface area contributed by atoms with Crippen LogP contribution in [-0.2, 0) is 21.1 Å². The Bertz CT molecular complexity index is 703. The fraction of sp³-hybridized carbons (Fsp3) is 0.588. The highest BCUT2D eigenvalue weighted by molar-refractivity contribution is 7.91. The zero-order valence-electron chi connectivity index (χ0n) is 14.0. The third-order valence-electron chi connectivity index (χ3n) is 4.69. The number of thiocarbonyl (C=S) groups is 1. The topological polar surface area (TPSA) is 58.6 Å². The fourth-order valence-electron chi connectivity index (χ4n) is 3.31. The number of benzene rings is 1. The highest BCUT2D eigenvalue weighted by Crippen LogP contribution is 2.21. The zero-order chi connectivity index (χ0) is 17.9. The van der Waals surface area contributed by atoms with Gasteiger partial charge in [0.15, 0.2) is 14.9 Å². The summed E-state index contributed by atoms with van der Waals surface area (Å²) in [5.74, 6) is 0.0701. The van der Waals surface area contributed by atoms with Gasteiger partial charge in [-0.3, -0.25) is 0 Å². The van der Waals surface area contributed by atoms with Crippen LogP contribution in [-0.4, -0.2) is 55.2 Å². The van der Waals surface area contributed by atoms with E-state index in [1.54, 1.807) is 12.1 Å². The molecule has 25 heavy (non-hydrogen) atoms. The van der Waals surface area contributed by atoms with E-state index >= 15 is 0 Å². The first-order valence-corrected chi connectivity index (χ1v) is 10.8. The smallest absolute Gasteiger partial charge is 0.169 e. The minimum absolute atomic E-state index is 0.0916. The van der Waals surface area contributed by atoms with Gasteiger partial charge in [0.2, 0.25) is 0 Å². The van der Waals surface area contributed by atoms with Crippen LogP contribution in [0.4, 0.5) is 4.39 Å². The van der Waals surface area contributed by atoms with Crippen molar-refractivity contribution in [2.24, 2.45) is 0 Å². The van der Waals surface area contributed by atoms with Gasteiger partial charge in [-0.25, -0.2) is 12.8 Å². The quantitative estimate of drug-likeness (QED) is 0.780. The number of sulfone groups is 1. The molecular formula is C17H23FN2O3S2. The molecule has 0 aliphatic carbocycles. The summed E-state index contributed by atoms with van der Waals surface area (Å²) in [6, 6.07) is 6.12. The van der Waals surface area contributed by atoms with Crippen LogP contribution >= 0.6 is 12.2 Å². The molecule has 5 nitrogen and oxygen atoms in total. The van der Waals surface area contributed by atoms with Crippen molar-refractivity contribution >= 4 is 27.2 Å². The molecule has 2 fully saturated rings. The van der Waals surface area contributed by atoms with Crippen molar-refractivity contribution in [2.75, 3.05) is 24.7 Å². The third-order valence-corrected chi connectivity index (χ3v) is 6.82. The molecule has 2 heterocycles. The second-order valence-electron chi connectivity index (χ2n) is 6.63. The van der Waals surface area contributed by atoms with Gasteiger partial charge in [-0.05, 0) is 49.2 Å². The first kappa shape index (κ1) is 18.5. The van der Waals surface area contributed by atoms with Gasteiger partial charge in [0.25, 0.3) is 0 Å². The Labute approximate surface area is 153 Å². The fourth-order valence-corrected chi connectivity index (χ4v) is 5.33. The molecule has 0 unspecified atom stereocenters. The Morgan fingerprint density at radius 3 is 2.68 bits per heavy atom. The summed E-state index contributed by atoms with van der Waals surface area (Å²) in [5, 5.41) is 3.71. The van der Waals surface area contributed by atoms with Crippen molar-refractivity contribution in [2.45, 2.75) is 38.0 Å². The van der Waals surface area contributed by atoms with E-state index < -0.39 is 9.84 Å². The molecular weight excluding hydrogens is 363 g/mol. The van der Waals surface area contributed by atoms with Crippen molar-refractivity contribution in [3.8, 4) is 0 Å². The van der Waals surface area contributed by atoms with E-state index in [1.165, 1.54) is 12.1 Å². The molecule has 2 atom stereocenters. The molecule has 2 aliphatic rings. The van der Waals surface area contributed by atoms with Gasteiger partial charge in [-0.1, -0.05) is 12.1 Å². The van der Waals surface area contributed by atoms with Crippen LogP contribution in [0.15, 0.2) is 24.3 Å². The lowest BCUT2D eigenvalue weighted by Crippen LogP contribution is -2.49.